The maximum atomic E-state index is 11.5. The third-order valence-electron chi connectivity index (χ3n) is 1.90. The molecule has 0 heterocycles. The average Bonchev–Trinajstić information content (AvgIpc) is 2.53. The van der Waals surface area contributed by atoms with Crippen molar-refractivity contribution in [2.75, 3.05) is 55.0 Å². The van der Waals surface area contributed by atoms with Crippen molar-refractivity contribution < 1.29 is 14.5 Å². The molecule has 0 aromatic carbocycles. The molecule has 0 aliphatic carbocycles. The van der Waals surface area contributed by atoms with Crippen molar-refractivity contribution >= 4 is 99.5 Å². The van der Waals surface area contributed by atoms with Crippen LogP contribution in [0.15, 0.2) is 0 Å². The second-order valence-corrected chi connectivity index (χ2v) is 13.3. The molecule has 0 saturated carbocycles. The second-order valence-electron chi connectivity index (χ2n) is 3.55. The molecule has 0 radical (unpaired) electrons. The van der Waals surface area contributed by atoms with Crippen molar-refractivity contribution in [3.05, 3.63) is 0 Å². The van der Waals surface area contributed by atoms with Gasteiger partial charge in [0.1, 0.15) is 10.8 Å². The van der Waals surface area contributed by atoms with Crippen LogP contribution in [0, 0.1) is 0 Å². The smallest absolute Gasteiger partial charge is 0.198 e. The van der Waals surface area contributed by atoms with Crippen LogP contribution in [0.2, 0.25) is 0 Å². The van der Waals surface area contributed by atoms with Gasteiger partial charge in [0.15, 0.2) is 5.12 Å². The maximum absolute atomic E-state index is 11.5. The Balaban J connectivity index is 3.15. The predicted molar refractivity (Wildman–Crippen MR) is 119 cm³/mol. The summed E-state index contributed by atoms with van der Waals surface area (Å²) < 4.78 is 11.1. The highest BCUT2D eigenvalue weighted by atomic mass is 32.3. The molecule has 0 aliphatic rings. The number of hydrogen-bond donors (Lipinski definition) is 2. The van der Waals surface area contributed by atoms with Crippen LogP contribution in [0.3, 0.4) is 0 Å². The van der Waals surface area contributed by atoms with Gasteiger partial charge in [-0.15, -0.1) is 71.4 Å². The summed E-state index contributed by atoms with van der Waals surface area (Å²) in [5.41, 5.74) is 0. The Bertz CT molecular complexity index is 259. The van der Waals surface area contributed by atoms with E-state index in [2.05, 4.69) is 12.6 Å². The highest BCUT2D eigenvalue weighted by Gasteiger charge is 2.03. The van der Waals surface area contributed by atoms with Gasteiger partial charge >= 0.3 is 0 Å². The van der Waals surface area contributed by atoms with Crippen molar-refractivity contribution in [2.45, 2.75) is 0 Å². The Labute approximate surface area is 167 Å². The fourth-order valence-corrected chi connectivity index (χ4v) is 8.60. The van der Waals surface area contributed by atoms with E-state index in [1.165, 1.54) is 23.5 Å². The van der Waals surface area contributed by atoms with Gasteiger partial charge < -0.3 is 9.66 Å². The van der Waals surface area contributed by atoms with Crippen molar-refractivity contribution in [3.8, 4) is 0 Å². The number of thioether (sulfide) groups is 6. The van der Waals surface area contributed by atoms with E-state index in [1.54, 1.807) is 11.8 Å². The summed E-state index contributed by atoms with van der Waals surface area (Å²) in [4.78, 5) is 11.5. The summed E-state index contributed by atoms with van der Waals surface area (Å²) in [7, 11) is 0. The molecule has 0 aromatic rings. The Morgan fingerprint density at radius 1 is 1.00 bits per heavy atom. The van der Waals surface area contributed by atoms with Gasteiger partial charge in [-0.2, -0.15) is 0 Å². The molecule has 0 rings (SSSR count). The van der Waals surface area contributed by atoms with Crippen molar-refractivity contribution in [1.82, 2.24) is 0 Å². The Kier molecular flexibility index (Phi) is 21.9. The summed E-state index contributed by atoms with van der Waals surface area (Å²) in [5, 5.41) is 12.3. The van der Waals surface area contributed by atoms with Gasteiger partial charge in [0.25, 0.3) is 0 Å². The van der Waals surface area contributed by atoms with E-state index in [9.17, 15) is 9.35 Å². The highest BCUT2D eigenvalue weighted by Crippen LogP contribution is 2.22. The molecule has 0 aliphatic heterocycles. The fraction of sp³-hybridized carbons (Fsp3) is 0.909. The molecule has 0 aromatic heterocycles. The predicted octanol–water partition coefficient (Wildman–Crippen LogP) is 3.37. The quantitative estimate of drug-likeness (QED) is 0.157. The lowest BCUT2D eigenvalue weighted by molar-refractivity contribution is -0.108. The van der Waals surface area contributed by atoms with Gasteiger partial charge in [-0.05, 0) is 11.2 Å². The van der Waals surface area contributed by atoms with Crippen LogP contribution in [0.25, 0.3) is 0 Å². The first-order chi connectivity index (χ1) is 10.7. The molecule has 0 bridgehead atoms. The van der Waals surface area contributed by atoms with E-state index >= 15 is 0 Å². The van der Waals surface area contributed by atoms with Crippen molar-refractivity contribution in [2.24, 2.45) is 0 Å². The van der Waals surface area contributed by atoms with E-state index in [1.807, 2.05) is 35.3 Å². The first kappa shape index (κ1) is 24.4. The van der Waals surface area contributed by atoms with Crippen LogP contribution in [0.4, 0.5) is 0 Å². The van der Waals surface area contributed by atoms with Gasteiger partial charge in [0.2, 0.25) is 0 Å². The van der Waals surface area contributed by atoms with E-state index in [0.717, 1.165) is 38.3 Å². The Morgan fingerprint density at radius 3 is 2.36 bits per heavy atom. The maximum Gasteiger partial charge on any atom is 0.198 e. The largest absolute Gasteiger partial charge is 0.616 e. The summed E-state index contributed by atoms with van der Waals surface area (Å²) in [6, 6.07) is 0. The average molecular weight is 459 g/mol. The molecule has 11 heteroatoms. The summed E-state index contributed by atoms with van der Waals surface area (Å²) >= 11 is 13.2. The summed E-state index contributed by atoms with van der Waals surface area (Å²) in [6.45, 7) is 0. The molecule has 22 heavy (non-hydrogen) atoms. The van der Waals surface area contributed by atoms with Gasteiger partial charge in [-0.1, -0.05) is 11.8 Å². The number of aliphatic hydroxyl groups is 1. The van der Waals surface area contributed by atoms with E-state index < -0.39 is 11.2 Å². The van der Waals surface area contributed by atoms with Gasteiger partial charge in [-0.3, -0.25) is 4.79 Å². The SMILES string of the molecule is O=C(CSCSCSCSCC[S+]([O-])CS)SCCSCO. The van der Waals surface area contributed by atoms with Crippen LogP contribution < -0.4 is 0 Å². The number of aliphatic hydroxyl groups excluding tert-OH is 1. The first-order valence-electron chi connectivity index (χ1n) is 6.31. The van der Waals surface area contributed by atoms with Crippen LogP contribution in [-0.2, 0) is 16.0 Å². The van der Waals surface area contributed by atoms with E-state index in [0.29, 0.717) is 10.8 Å². The molecule has 0 fully saturated rings. The Hall–Kier alpha value is 2.39. The van der Waals surface area contributed by atoms with Crippen LogP contribution in [0.1, 0.15) is 0 Å². The normalized spacial score (nSPS) is 12.5. The lowest BCUT2D eigenvalue weighted by Crippen LogP contribution is -2.09. The molecular formula is C11H22O3S8. The number of hydrogen-bond acceptors (Lipinski definition) is 10. The summed E-state index contributed by atoms with van der Waals surface area (Å²) in [6.07, 6.45) is 0. The molecular weight excluding hydrogens is 437 g/mol. The molecule has 0 amide bonds. The summed E-state index contributed by atoms with van der Waals surface area (Å²) in [5.74, 6) is 3.96. The number of carbonyl (C=O) groups is 1. The first-order valence-corrected chi connectivity index (χ1v) is 15.2. The second kappa shape index (κ2) is 19.7. The standard InChI is InChI=1S/C11H22O3S8/c12-6-16-1-2-21-11(13)5-18-9-20-10-19-8-17-3-4-22(14)7-15/h12,15H,1-10H2. The zero-order chi connectivity index (χ0) is 16.5. The van der Waals surface area contributed by atoms with Crippen molar-refractivity contribution in [1.29, 1.82) is 0 Å². The zero-order valence-electron chi connectivity index (χ0n) is 12.1. The minimum Gasteiger partial charge on any atom is -0.616 e. The van der Waals surface area contributed by atoms with Crippen molar-refractivity contribution in [3.63, 3.8) is 0 Å². The molecule has 132 valence electrons. The molecule has 1 N–H and O–H groups in total. The molecule has 0 saturated heterocycles. The molecule has 0 spiro atoms. The van der Waals surface area contributed by atoms with E-state index in [4.69, 9.17) is 5.11 Å². The highest BCUT2D eigenvalue weighted by molar-refractivity contribution is 8.26. The van der Waals surface area contributed by atoms with Crippen LogP contribution in [0.5, 0.6) is 0 Å². The lowest BCUT2D eigenvalue weighted by Gasteiger charge is -2.07. The monoisotopic (exact) mass is 458 g/mol. The van der Waals surface area contributed by atoms with Gasteiger partial charge in [-0.25, -0.2) is 0 Å². The lowest BCUT2D eigenvalue weighted by atomic mass is 10.9. The van der Waals surface area contributed by atoms with Crippen LogP contribution in [-0.4, -0.2) is 69.8 Å². The minimum atomic E-state index is -0.769. The number of rotatable bonds is 16. The number of carbonyl (C=O) groups excluding carboxylic acids is 1. The fourth-order valence-electron chi connectivity index (χ4n) is 0.966. The number of thiol groups is 1. The van der Waals surface area contributed by atoms with Gasteiger partial charge in [0, 0.05) is 32.5 Å². The minimum absolute atomic E-state index is 0.128. The third-order valence-corrected chi connectivity index (χ3v) is 10.9. The zero-order valence-corrected chi connectivity index (χ0v) is 18.7. The van der Waals surface area contributed by atoms with Gasteiger partial charge in [0.05, 0.1) is 11.7 Å². The molecule has 3 nitrogen and oxygen atoms in total. The third kappa shape index (κ3) is 18.7. The Morgan fingerprint density at radius 2 is 1.68 bits per heavy atom. The van der Waals surface area contributed by atoms with E-state index in [-0.39, 0.29) is 11.1 Å². The van der Waals surface area contributed by atoms with Crippen LogP contribution >= 0.6 is 83.2 Å². The molecule has 1 unspecified atom stereocenters. The topological polar surface area (TPSA) is 60.4 Å². The molecule has 1 atom stereocenters.